The molecule has 2 aromatic rings. The van der Waals surface area contributed by atoms with Crippen LogP contribution >= 0.6 is 11.6 Å². The smallest absolute Gasteiger partial charge is 0.409 e. The molecule has 0 bridgehead atoms. The lowest BCUT2D eigenvalue weighted by Crippen LogP contribution is -2.50. The molecule has 0 radical (unpaired) electrons. The predicted octanol–water partition coefficient (Wildman–Crippen LogP) is 2.61. The molecule has 25 heavy (non-hydrogen) atoms. The Kier molecular flexibility index (Phi) is 5.60. The zero-order chi connectivity index (χ0) is 17.6. The van der Waals surface area contributed by atoms with Crippen molar-refractivity contribution in [2.24, 2.45) is 0 Å². The Hall–Kier alpha value is -2.47. The molecule has 0 atom stereocenters. The second-order valence-corrected chi connectivity index (χ2v) is 6.10. The zero-order valence-electron chi connectivity index (χ0n) is 13.8. The molecule has 0 saturated carbocycles. The van der Waals surface area contributed by atoms with Gasteiger partial charge in [-0.25, -0.2) is 4.79 Å². The summed E-state index contributed by atoms with van der Waals surface area (Å²) in [7, 11) is 0. The Balaban J connectivity index is 1.56. The fourth-order valence-corrected chi connectivity index (χ4v) is 2.85. The third-order valence-electron chi connectivity index (χ3n) is 4.14. The van der Waals surface area contributed by atoms with Crippen molar-refractivity contribution in [3.63, 3.8) is 0 Å². The summed E-state index contributed by atoms with van der Waals surface area (Å²) in [4.78, 5) is 27.8. The van der Waals surface area contributed by atoms with Crippen LogP contribution in [0.25, 0.3) is 5.69 Å². The summed E-state index contributed by atoms with van der Waals surface area (Å²) in [5, 5.41) is 0. The largest absolute Gasteiger partial charge is 0.448 e. The van der Waals surface area contributed by atoms with Crippen LogP contribution in [0, 0.1) is 0 Å². The van der Waals surface area contributed by atoms with Gasteiger partial charge in [0.2, 0.25) is 0 Å². The first kappa shape index (κ1) is 17.4. The van der Waals surface area contributed by atoms with Gasteiger partial charge >= 0.3 is 6.09 Å². The molecule has 1 aliphatic heterocycles. The number of nitrogens with zero attached hydrogens (tertiary/aromatic N) is 3. The highest BCUT2D eigenvalue weighted by Crippen LogP contribution is 2.13. The third-order valence-corrected chi connectivity index (χ3v) is 4.30. The van der Waals surface area contributed by atoms with Gasteiger partial charge in [0, 0.05) is 49.8 Å². The Morgan fingerprint density at radius 1 is 0.960 bits per heavy atom. The maximum atomic E-state index is 12.6. The minimum Gasteiger partial charge on any atom is -0.448 e. The number of carbonyl (C=O) groups excluding carboxylic acids is 2. The van der Waals surface area contributed by atoms with Crippen molar-refractivity contribution in [1.29, 1.82) is 0 Å². The van der Waals surface area contributed by atoms with E-state index in [0.29, 0.717) is 31.7 Å². The molecule has 2 heterocycles. The SMILES string of the molecule is O=C(OCCCl)N1CCN(C(=O)c2ccc(-n3cccc3)cc2)CC1. The number of hydrogen-bond donors (Lipinski definition) is 0. The molecule has 2 amide bonds. The van der Waals surface area contributed by atoms with Crippen LogP contribution < -0.4 is 0 Å². The number of piperazine rings is 1. The summed E-state index contributed by atoms with van der Waals surface area (Å²) in [6, 6.07) is 11.4. The van der Waals surface area contributed by atoms with E-state index in [1.807, 2.05) is 53.4 Å². The van der Waals surface area contributed by atoms with Gasteiger partial charge in [-0.05, 0) is 36.4 Å². The number of amides is 2. The fourth-order valence-electron chi connectivity index (χ4n) is 2.77. The average molecular weight is 362 g/mol. The van der Waals surface area contributed by atoms with Crippen LogP contribution in [-0.2, 0) is 4.74 Å². The number of aromatic nitrogens is 1. The van der Waals surface area contributed by atoms with Crippen molar-refractivity contribution in [3.8, 4) is 5.69 Å². The topological polar surface area (TPSA) is 54.8 Å². The molecule has 6 nitrogen and oxygen atoms in total. The monoisotopic (exact) mass is 361 g/mol. The molecular formula is C18H20ClN3O3. The summed E-state index contributed by atoms with van der Waals surface area (Å²) in [6.07, 6.45) is 3.54. The van der Waals surface area contributed by atoms with Gasteiger partial charge in [0.15, 0.2) is 0 Å². The lowest BCUT2D eigenvalue weighted by molar-refractivity contribution is 0.0572. The third kappa shape index (κ3) is 4.14. The van der Waals surface area contributed by atoms with Gasteiger partial charge in [-0.15, -0.1) is 11.6 Å². The molecule has 1 fully saturated rings. The van der Waals surface area contributed by atoms with Crippen LogP contribution in [-0.4, -0.2) is 65.0 Å². The van der Waals surface area contributed by atoms with Crippen LogP contribution in [0.4, 0.5) is 4.79 Å². The van der Waals surface area contributed by atoms with E-state index in [1.54, 1.807) is 9.80 Å². The number of ether oxygens (including phenoxy) is 1. The van der Waals surface area contributed by atoms with Crippen molar-refractivity contribution < 1.29 is 14.3 Å². The second-order valence-electron chi connectivity index (χ2n) is 5.72. The van der Waals surface area contributed by atoms with E-state index in [1.165, 1.54) is 0 Å². The molecule has 0 unspecified atom stereocenters. The first-order valence-corrected chi connectivity index (χ1v) is 8.73. The molecule has 1 aromatic carbocycles. The molecule has 0 spiro atoms. The highest BCUT2D eigenvalue weighted by molar-refractivity contribution is 6.18. The van der Waals surface area contributed by atoms with Crippen LogP contribution in [0.2, 0.25) is 0 Å². The van der Waals surface area contributed by atoms with Gasteiger partial charge in [0.1, 0.15) is 6.61 Å². The highest BCUT2D eigenvalue weighted by Gasteiger charge is 2.25. The Bertz CT molecular complexity index is 708. The molecule has 3 rings (SSSR count). The number of hydrogen-bond acceptors (Lipinski definition) is 3. The van der Waals surface area contributed by atoms with Crippen molar-refractivity contribution in [2.45, 2.75) is 0 Å². The van der Waals surface area contributed by atoms with Gasteiger partial charge in [-0.2, -0.15) is 0 Å². The minimum atomic E-state index is -0.371. The molecule has 0 aliphatic carbocycles. The van der Waals surface area contributed by atoms with Crippen molar-refractivity contribution >= 4 is 23.6 Å². The first-order valence-electron chi connectivity index (χ1n) is 8.19. The predicted molar refractivity (Wildman–Crippen MR) is 95.3 cm³/mol. The minimum absolute atomic E-state index is 0.0205. The van der Waals surface area contributed by atoms with E-state index in [0.717, 1.165) is 5.69 Å². The number of carbonyl (C=O) groups is 2. The van der Waals surface area contributed by atoms with E-state index >= 15 is 0 Å². The van der Waals surface area contributed by atoms with Crippen LogP contribution in [0.1, 0.15) is 10.4 Å². The Labute approximate surface area is 151 Å². The first-order chi connectivity index (χ1) is 12.2. The number of halogens is 1. The van der Waals surface area contributed by atoms with E-state index in [4.69, 9.17) is 16.3 Å². The average Bonchev–Trinajstić information content (AvgIpc) is 3.20. The standard InChI is InChI=1S/C18H20ClN3O3/c19-7-14-25-18(24)22-12-10-21(11-13-22)17(23)15-3-5-16(6-4-15)20-8-1-2-9-20/h1-6,8-9H,7,10-14H2. The molecule has 7 heteroatoms. The van der Waals surface area contributed by atoms with Gasteiger partial charge in [0.25, 0.3) is 5.91 Å². The van der Waals surface area contributed by atoms with Gasteiger partial charge < -0.3 is 19.1 Å². The van der Waals surface area contributed by atoms with E-state index in [-0.39, 0.29) is 24.5 Å². The van der Waals surface area contributed by atoms with Crippen molar-refractivity contribution in [2.75, 3.05) is 38.7 Å². The Morgan fingerprint density at radius 2 is 1.56 bits per heavy atom. The fraction of sp³-hybridized carbons (Fsp3) is 0.333. The molecular weight excluding hydrogens is 342 g/mol. The normalized spacial score (nSPS) is 14.4. The molecule has 132 valence electrons. The maximum absolute atomic E-state index is 12.6. The molecule has 0 N–H and O–H groups in total. The van der Waals surface area contributed by atoms with Gasteiger partial charge in [-0.1, -0.05) is 0 Å². The van der Waals surface area contributed by atoms with Gasteiger partial charge in [0.05, 0.1) is 5.88 Å². The summed E-state index contributed by atoms with van der Waals surface area (Å²) in [5.74, 6) is 0.260. The zero-order valence-corrected chi connectivity index (χ0v) is 14.6. The molecule has 1 aliphatic rings. The lowest BCUT2D eigenvalue weighted by atomic mass is 10.1. The van der Waals surface area contributed by atoms with Crippen molar-refractivity contribution in [1.82, 2.24) is 14.4 Å². The number of alkyl halides is 1. The maximum Gasteiger partial charge on any atom is 0.409 e. The molecule has 1 aromatic heterocycles. The second kappa shape index (κ2) is 8.07. The van der Waals surface area contributed by atoms with Crippen LogP contribution in [0.3, 0.4) is 0 Å². The highest BCUT2D eigenvalue weighted by atomic mass is 35.5. The molecule has 1 saturated heterocycles. The van der Waals surface area contributed by atoms with E-state index in [2.05, 4.69) is 0 Å². The number of benzene rings is 1. The quantitative estimate of drug-likeness (QED) is 0.786. The van der Waals surface area contributed by atoms with E-state index in [9.17, 15) is 9.59 Å². The van der Waals surface area contributed by atoms with Crippen LogP contribution in [0.15, 0.2) is 48.8 Å². The summed E-state index contributed by atoms with van der Waals surface area (Å²) < 4.78 is 6.99. The van der Waals surface area contributed by atoms with Crippen LogP contribution in [0.5, 0.6) is 0 Å². The van der Waals surface area contributed by atoms with Crippen molar-refractivity contribution in [3.05, 3.63) is 54.4 Å². The number of rotatable bonds is 4. The summed E-state index contributed by atoms with van der Waals surface area (Å²) >= 11 is 5.51. The summed E-state index contributed by atoms with van der Waals surface area (Å²) in [6.45, 7) is 2.12. The van der Waals surface area contributed by atoms with E-state index < -0.39 is 0 Å². The summed E-state index contributed by atoms with van der Waals surface area (Å²) in [5.41, 5.74) is 1.66. The lowest BCUT2D eigenvalue weighted by Gasteiger charge is -2.34. The van der Waals surface area contributed by atoms with Gasteiger partial charge in [-0.3, -0.25) is 4.79 Å². The Morgan fingerprint density at radius 3 is 2.16 bits per heavy atom.